The Morgan fingerprint density at radius 2 is 2.17 bits per heavy atom. The molecule has 0 saturated carbocycles. The number of amides is 1. The molecule has 1 N–H and O–H groups in total. The summed E-state index contributed by atoms with van der Waals surface area (Å²) in [6.07, 6.45) is 4.27. The van der Waals surface area contributed by atoms with E-state index in [0.29, 0.717) is 11.4 Å². The van der Waals surface area contributed by atoms with Crippen LogP contribution in [0, 0.1) is 0 Å². The van der Waals surface area contributed by atoms with Crippen LogP contribution in [-0.2, 0) is 0 Å². The molecule has 0 aliphatic heterocycles. The minimum Gasteiger partial charge on any atom is -0.330 e. The van der Waals surface area contributed by atoms with Crippen LogP contribution < -0.4 is 0 Å². The molecule has 0 spiro atoms. The molecule has 6 heteroatoms. The maximum Gasteiger partial charge on any atom is 0.286 e. The lowest BCUT2D eigenvalue weighted by atomic mass is 10.2. The van der Waals surface area contributed by atoms with E-state index in [1.165, 1.54) is 18.9 Å². The lowest BCUT2D eigenvalue weighted by Crippen LogP contribution is -1.92. The van der Waals surface area contributed by atoms with E-state index in [-0.39, 0.29) is 0 Å². The third-order valence-electron chi connectivity index (χ3n) is 1.97. The van der Waals surface area contributed by atoms with E-state index < -0.39 is 5.91 Å². The maximum absolute atomic E-state index is 11.5. The molecule has 0 bridgehead atoms. The Morgan fingerprint density at radius 3 is 2.89 bits per heavy atom. The second-order valence-electron chi connectivity index (χ2n) is 3.19. The van der Waals surface area contributed by atoms with Crippen molar-refractivity contribution in [2.75, 3.05) is 0 Å². The van der Waals surface area contributed by atoms with Gasteiger partial charge >= 0.3 is 0 Å². The second-order valence-corrected chi connectivity index (χ2v) is 3.19. The smallest absolute Gasteiger partial charge is 0.286 e. The normalized spacial score (nSPS) is 10.0. The molecule has 1 aromatic carbocycles. The Kier molecular flexibility index (Phi) is 3.89. The Labute approximate surface area is 103 Å². The first-order valence-corrected chi connectivity index (χ1v) is 5.12. The summed E-state index contributed by atoms with van der Waals surface area (Å²) in [7, 11) is 0. The molecule has 2 aromatic rings. The SMILES string of the molecule is O=C(N=C=N/C=N/c1cnc[nH]1)c1ccccc1. The van der Waals surface area contributed by atoms with E-state index in [2.05, 4.69) is 31.0 Å². The van der Waals surface area contributed by atoms with Crippen molar-refractivity contribution in [1.29, 1.82) is 0 Å². The van der Waals surface area contributed by atoms with Gasteiger partial charge < -0.3 is 4.98 Å². The molecule has 6 nitrogen and oxygen atoms in total. The summed E-state index contributed by atoms with van der Waals surface area (Å²) in [4.78, 5) is 29.1. The number of imidazole rings is 1. The summed E-state index contributed by atoms with van der Waals surface area (Å²) >= 11 is 0. The number of aromatic amines is 1. The van der Waals surface area contributed by atoms with Gasteiger partial charge in [0.1, 0.15) is 12.3 Å². The van der Waals surface area contributed by atoms with Gasteiger partial charge in [-0.05, 0) is 12.1 Å². The van der Waals surface area contributed by atoms with Crippen molar-refractivity contribution in [3.63, 3.8) is 0 Å². The molecule has 0 saturated heterocycles. The number of rotatable bonds is 3. The lowest BCUT2D eigenvalue weighted by Gasteiger charge is -1.89. The van der Waals surface area contributed by atoms with E-state index in [4.69, 9.17) is 0 Å². The molecule has 0 radical (unpaired) electrons. The summed E-state index contributed by atoms with van der Waals surface area (Å²) in [6.45, 7) is 0. The molecule has 88 valence electrons. The van der Waals surface area contributed by atoms with Crippen molar-refractivity contribution in [3.8, 4) is 0 Å². The summed E-state index contributed by atoms with van der Waals surface area (Å²) in [6, 6.07) is 11.0. The largest absolute Gasteiger partial charge is 0.330 e. The van der Waals surface area contributed by atoms with Crippen LogP contribution in [0.3, 0.4) is 0 Å². The highest BCUT2D eigenvalue weighted by Gasteiger charge is 1.99. The van der Waals surface area contributed by atoms with Crippen molar-refractivity contribution in [2.45, 2.75) is 0 Å². The van der Waals surface area contributed by atoms with E-state index in [9.17, 15) is 4.79 Å². The topological polar surface area (TPSA) is 82.8 Å². The van der Waals surface area contributed by atoms with Crippen molar-refractivity contribution in [3.05, 3.63) is 48.4 Å². The number of aromatic nitrogens is 2. The van der Waals surface area contributed by atoms with Gasteiger partial charge in [0.05, 0.1) is 12.5 Å². The van der Waals surface area contributed by atoms with Crippen molar-refractivity contribution >= 4 is 24.1 Å². The monoisotopic (exact) mass is 239 g/mol. The van der Waals surface area contributed by atoms with Crippen LogP contribution >= 0.6 is 0 Å². The van der Waals surface area contributed by atoms with Gasteiger partial charge in [0, 0.05) is 5.56 Å². The molecule has 1 amide bonds. The molecule has 1 heterocycles. The number of H-pyrrole nitrogens is 1. The predicted molar refractivity (Wildman–Crippen MR) is 67.4 cm³/mol. The van der Waals surface area contributed by atoms with Crippen LogP contribution in [0.25, 0.3) is 0 Å². The number of benzene rings is 1. The molecule has 0 unspecified atom stereocenters. The highest BCUT2D eigenvalue weighted by Crippen LogP contribution is 2.01. The van der Waals surface area contributed by atoms with Gasteiger partial charge in [-0.2, -0.15) is 4.99 Å². The number of nitrogens with one attached hydrogen (secondary N) is 1. The Hall–Kier alpha value is -2.85. The van der Waals surface area contributed by atoms with Crippen LogP contribution in [-0.4, -0.2) is 28.2 Å². The van der Waals surface area contributed by atoms with E-state index in [1.54, 1.807) is 24.3 Å². The first-order chi connectivity index (χ1) is 8.86. The first kappa shape index (κ1) is 11.6. The Balaban J connectivity index is 1.97. The predicted octanol–water partition coefficient (Wildman–Crippen LogP) is 2.08. The maximum atomic E-state index is 11.5. The van der Waals surface area contributed by atoms with Crippen molar-refractivity contribution in [2.24, 2.45) is 15.0 Å². The number of hydrogen-bond acceptors (Lipinski definition) is 3. The molecular weight excluding hydrogens is 230 g/mol. The number of nitrogens with zero attached hydrogens (tertiary/aromatic N) is 4. The quantitative estimate of drug-likeness (QED) is 0.657. The van der Waals surface area contributed by atoms with Gasteiger partial charge in [-0.15, -0.1) is 4.99 Å². The van der Waals surface area contributed by atoms with Crippen LogP contribution in [0.2, 0.25) is 0 Å². The average molecular weight is 239 g/mol. The van der Waals surface area contributed by atoms with Crippen molar-refractivity contribution < 1.29 is 4.79 Å². The highest BCUT2D eigenvalue weighted by atomic mass is 16.1. The Morgan fingerprint density at radius 1 is 1.33 bits per heavy atom. The van der Waals surface area contributed by atoms with Gasteiger partial charge in [0.2, 0.25) is 0 Å². The molecule has 2 rings (SSSR count). The molecule has 0 fully saturated rings. The second kappa shape index (κ2) is 6.03. The number of aliphatic imine (C=N–C) groups is 3. The zero-order chi connectivity index (χ0) is 12.6. The fraction of sp³-hybridized carbons (Fsp3) is 0. The minimum absolute atomic E-state index is 0.394. The first-order valence-electron chi connectivity index (χ1n) is 5.12. The van der Waals surface area contributed by atoms with Crippen LogP contribution in [0.4, 0.5) is 5.82 Å². The van der Waals surface area contributed by atoms with Crippen LogP contribution in [0.5, 0.6) is 0 Å². The molecule has 18 heavy (non-hydrogen) atoms. The lowest BCUT2D eigenvalue weighted by molar-refractivity contribution is 0.100. The highest BCUT2D eigenvalue weighted by molar-refractivity contribution is 5.98. The van der Waals surface area contributed by atoms with Crippen LogP contribution in [0.15, 0.2) is 57.8 Å². The minimum atomic E-state index is -0.394. The number of carbonyl (C=O) groups is 1. The van der Waals surface area contributed by atoms with Gasteiger partial charge in [-0.3, -0.25) is 4.79 Å². The average Bonchev–Trinajstić information content (AvgIpc) is 2.92. The third-order valence-corrected chi connectivity index (χ3v) is 1.97. The van der Waals surface area contributed by atoms with Gasteiger partial charge in [0.15, 0.2) is 5.82 Å². The molecule has 0 aliphatic rings. The van der Waals surface area contributed by atoms with Crippen molar-refractivity contribution in [1.82, 2.24) is 9.97 Å². The fourth-order valence-corrected chi connectivity index (χ4v) is 1.16. The van der Waals surface area contributed by atoms with Gasteiger partial charge in [0.25, 0.3) is 5.91 Å². The van der Waals surface area contributed by atoms with E-state index in [1.807, 2.05) is 6.07 Å². The summed E-state index contributed by atoms with van der Waals surface area (Å²) in [5.41, 5.74) is 0.491. The molecular formula is C12H9N5O. The zero-order valence-corrected chi connectivity index (χ0v) is 9.32. The fourth-order valence-electron chi connectivity index (χ4n) is 1.16. The van der Waals surface area contributed by atoms with Crippen LogP contribution in [0.1, 0.15) is 10.4 Å². The standard InChI is InChI=1S/C12H9N5O/c18-12(10-4-2-1-3-5-10)17-9-14-8-16-11-6-13-7-15-11/h1-8H,(H,13,15)/b16-8+. The number of hydrogen-bond donors (Lipinski definition) is 1. The molecule has 0 atom stereocenters. The van der Waals surface area contributed by atoms with Gasteiger partial charge in [-0.25, -0.2) is 9.98 Å². The third kappa shape index (κ3) is 3.33. The van der Waals surface area contributed by atoms with Gasteiger partial charge in [-0.1, -0.05) is 18.2 Å². The Bertz CT molecular complexity index is 595. The van der Waals surface area contributed by atoms with E-state index in [0.717, 1.165) is 0 Å². The number of carbonyl (C=O) groups excluding carboxylic acids is 1. The zero-order valence-electron chi connectivity index (χ0n) is 9.32. The molecule has 1 aromatic heterocycles. The summed E-state index contributed by atoms with van der Waals surface area (Å²) < 4.78 is 0. The summed E-state index contributed by atoms with van der Waals surface area (Å²) in [5.74, 6) is 0.171. The summed E-state index contributed by atoms with van der Waals surface area (Å²) in [5, 5.41) is 0. The van der Waals surface area contributed by atoms with E-state index >= 15 is 0 Å². The molecule has 0 aliphatic carbocycles.